The van der Waals surface area contributed by atoms with Crippen molar-refractivity contribution in [1.29, 1.82) is 0 Å². The van der Waals surface area contributed by atoms with E-state index in [1.54, 1.807) is 31.2 Å². The standard InChI is InChI=1S/C22H21NO6/c1-2-26-21(25)14-8-10-16(11-9-14)23-17-12-27-18-13-28-22(29-20(18)19(17)24)15-6-4-3-5-7-15/h3-12,18,20,22-23H,2,13H2,1H3/t18-,20-,22-/m1/s1. The molecule has 29 heavy (non-hydrogen) atoms. The highest BCUT2D eigenvalue weighted by atomic mass is 16.7. The molecule has 0 saturated carbocycles. The molecule has 0 aliphatic carbocycles. The van der Waals surface area contributed by atoms with Crippen molar-refractivity contribution in [3.05, 3.63) is 77.7 Å². The Morgan fingerprint density at radius 1 is 1.14 bits per heavy atom. The number of anilines is 1. The van der Waals surface area contributed by atoms with Crippen molar-refractivity contribution in [2.45, 2.75) is 25.4 Å². The van der Waals surface area contributed by atoms with E-state index < -0.39 is 18.5 Å². The van der Waals surface area contributed by atoms with Crippen LogP contribution in [0.1, 0.15) is 29.1 Å². The van der Waals surface area contributed by atoms with Gasteiger partial charge in [0.25, 0.3) is 0 Å². The number of ether oxygens (including phenoxy) is 4. The molecule has 1 N–H and O–H groups in total. The monoisotopic (exact) mass is 395 g/mol. The number of Topliss-reactive ketones (excluding diaryl/α,β-unsaturated/α-hetero) is 1. The lowest BCUT2D eigenvalue weighted by atomic mass is 10.0. The third-order valence-electron chi connectivity index (χ3n) is 4.65. The Kier molecular flexibility index (Phi) is 5.59. The summed E-state index contributed by atoms with van der Waals surface area (Å²) in [7, 11) is 0. The minimum atomic E-state index is -0.764. The van der Waals surface area contributed by atoms with Crippen LogP contribution in [0.25, 0.3) is 0 Å². The smallest absolute Gasteiger partial charge is 0.338 e. The molecule has 3 atom stereocenters. The van der Waals surface area contributed by atoms with Gasteiger partial charge < -0.3 is 24.3 Å². The number of benzene rings is 2. The van der Waals surface area contributed by atoms with E-state index in [2.05, 4.69) is 5.32 Å². The molecule has 4 rings (SSSR count). The van der Waals surface area contributed by atoms with Crippen LogP contribution in [0.3, 0.4) is 0 Å². The first-order chi connectivity index (χ1) is 14.2. The molecule has 0 aromatic heterocycles. The molecule has 2 aliphatic rings. The molecule has 2 aliphatic heterocycles. The molecule has 0 bridgehead atoms. The van der Waals surface area contributed by atoms with Gasteiger partial charge in [-0.2, -0.15) is 0 Å². The summed E-state index contributed by atoms with van der Waals surface area (Å²) in [5, 5.41) is 3.03. The van der Waals surface area contributed by atoms with Gasteiger partial charge in [-0.1, -0.05) is 30.3 Å². The summed E-state index contributed by atoms with van der Waals surface area (Å²) < 4.78 is 22.2. The fourth-order valence-electron chi connectivity index (χ4n) is 3.17. The van der Waals surface area contributed by atoms with E-state index in [9.17, 15) is 9.59 Å². The zero-order chi connectivity index (χ0) is 20.2. The second-order valence-corrected chi connectivity index (χ2v) is 6.63. The number of carbonyl (C=O) groups is 2. The Morgan fingerprint density at radius 2 is 1.90 bits per heavy atom. The van der Waals surface area contributed by atoms with Gasteiger partial charge in [-0.25, -0.2) is 4.79 Å². The van der Waals surface area contributed by atoms with Crippen LogP contribution in [0, 0.1) is 0 Å². The average molecular weight is 395 g/mol. The van der Waals surface area contributed by atoms with Crippen molar-refractivity contribution >= 4 is 17.4 Å². The van der Waals surface area contributed by atoms with Gasteiger partial charge in [-0.3, -0.25) is 4.79 Å². The van der Waals surface area contributed by atoms with Crippen LogP contribution in [0.15, 0.2) is 66.6 Å². The first-order valence-electron chi connectivity index (χ1n) is 9.41. The number of nitrogens with one attached hydrogen (secondary N) is 1. The molecule has 7 nitrogen and oxygen atoms in total. The average Bonchev–Trinajstić information content (AvgIpc) is 2.77. The van der Waals surface area contributed by atoms with Gasteiger partial charge in [-0.15, -0.1) is 0 Å². The van der Waals surface area contributed by atoms with Crippen molar-refractivity contribution in [2.24, 2.45) is 0 Å². The zero-order valence-electron chi connectivity index (χ0n) is 15.9. The summed E-state index contributed by atoms with van der Waals surface area (Å²) in [6.07, 6.45) is -0.481. The molecular formula is C22H21NO6. The second-order valence-electron chi connectivity index (χ2n) is 6.63. The predicted molar refractivity (Wildman–Crippen MR) is 104 cm³/mol. The number of esters is 1. The van der Waals surface area contributed by atoms with Gasteiger partial charge in [0, 0.05) is 11.3 Å². The third kappa shape index (κ3) is 4.16. The number of rotatable bonds is 5. The maximum atomic E-state index is 12.9. The Labute approximate surface area is 168 Å². The SMILES string of the molecule is CCOC(=O)c1ccc(NC2=CO[C@@H]3CO[C@@H](c4ccccc4)O[C@H]3C2=O)cc1. The van der Waals surface area contributed by atoms with Crippen molar-refractivity contribution < 1.29 is 28.5 Å². The molecule has 0 unspecified atom stereocenters. The normalized spacial score (nSPS) is 23.4. The van der Waals surface area contributed by atoms with Gasteiger partial charge in [0.15, 0.2) is 18.5 Å². The first-order valence-corrected chi connectivity index (χ1v) is 9.41. The molecule has 2 heterocycles. The largest absolute Gasteiger partial charge is 0.490 e. The lowest BCUT2D eigenvalue weighted by Crippen LogP contribution is -2.49. The zero-order valence-corrected chi connectivity index (χ0v) is 15.9. The summed E-state index contributed by atoms with van der Waals surface area (Å²) in [4.78, 5) is 24.7. The van der Waals surface area contributed by atoms with Crippen molar-refractivity contribution in [2.75, 3.05) is 18.5 Å². The molecule has 1 saturated heterocycles. The van der Waals surface area contributed by atoms with Crippen molar-refractivity contribution in [3.8, 4) is 0 Å². The van der Waals surface area contributed by atoms with E-state index in [1.165, 1.54) is 6.26 Å². The van der Waals surface area contributed by atoms with Gasteiger partial charge in [0.05, 0.1) is 18.8 Å². The molecule has 0 spiro atoms. The maximum absolute atomic E-state index is 12.9. The van der Waals surface area contributed by atoms with Crippen LogP contribution in [0.2, 0.25) is 0 Å². The van der Waals surface area contributed by atoms with E-state index in [4.69, 9.17) is 18.9 Å². The summed E-state index contributed by atoms with van der Waals surface area (Å²) in [6.45, 7) is 2.32. The van der Waals surface area contributed by atoms with E-state index in [0.29, 0.717) is 17.9 Å². The Bertz CT molecular complexity index is 909. The van der Waals surface area contributed by atoms with Gasteiger partial charge in [0.1, 0.15) is 12.0 Å². The quantitative estimate of drug-likeness (QED) is 0.779. The van der Waals surface area contributed by atoms with Gasteiger partial charge in [-0.05, 0) is 31.2 Å². The molecule has 0 amide bonds. The molecule has 2 aromatic carbocycles. The van der Waals surface area contributed by atoms with E-state index in [-0.39, 0.29) is 24.1 Å². The Balaban J connectivity index is 1.44. The number of carbonyl (C=O) groups excluding carboxylic acids is 2. The van der Waals surface area contributed by atoms with Gasteiger partial charge >= 0.3 is 5.97 Å². The maximum Gasteiger partial charge on any atom is 0.338 e. The van der Waals surface area contributed by atoms with Crippen molar-refractivity contribution in [3.63, 3.8) is 0 Å². The molecule has 7 heteroatoms. The second kappa shape index (κ2) is 8.46. The number of fused-ring (bicyclic) bond motifs is 1. The first kappa shape index (κ1) is 19.2. The summed E-state index contributed by atoms with van der Waals surface area (Å²) in [6, 6.07) is 16.1. The highest BCUT2D eigenvalue weighted by Gasteiger charge is 2.42. The van der Waals surface area contributed by atoms with Gasteiger partial charge in [0.2, 0.25) is 5.78 Å². The van der Waals surface area contributed by atoms with Crippen LogP contribution < -0.4 is 5.32 Å². The van der Waals surface area contributed by atoms with E-state index in [0.717, 1.165) is 5.56 Å². The summed E-state index contributed by atoms with van der Waals surface area (Å²) in [5.41, 5.74) is 2.21. The van der Waals surface area contributed by atoms with E-state index >= 15 is 0 Å². The molecule has 0 radical (unpaired) electrons. The highest BCUT2D eigenvalue weighted by Crippen LogP contribution is 2.31. The number of hydrogen-bond acceptors (Lipinski definition) is 7. The topological polar surface area (TPSA) is 83.1 Å². The minimum Gasteiger partial charge on any atom is -0.490 e. The lowest BCUT2D eigenvalue weighted by molar-refractivity contribution is -0.253. The summed E-state index contributed by atoms with van der Waals surface area (Å²) in [5.74, 6) is -0.597. The van der Waals surface area contributed by atoms with Crippen LogP contribution in [0.5, 0.6) is 0 Å². The molecule has 1 fully saturated rings. The highest BCUT2D eigenvalue weighted by molar-refractivity contribution is 6.02. The molecule has 150 valence electrons. The fourth-order valence-corrected chi connectivity index (χ4v) is 3.17. The number of ketones is 1. The number of hydrogen-bond donors (Lipinski definition) is 1. The predicted octanol–water partition coefficient (Wildman–Crippen LogP) is 3.20. The van der Waals surface area contributed by atoms with Crippen molar-refractivity contribution in [1.82, 2.24) is 0 Å². The van der Waals surface area contributed by atoms with E-state index in [1.807, 2.05) is 30.3 Å². The molecule has 2 aromatic rings. The summed E-state index contributed by atoms with van der Waals surface area (Å²) >= 11 is 0. The van der Waals surface area contributed by atoms with Crippen LogP contribution in [0.4, 0.5) is 5.69 Å². The van der Waals surface area contributed by atoms with Crippen LogP contribution >= 0.6 is 0 Å². The lowest BCUT2D eigenvalue weighted by Gasteiger charge is -2.37. The minimum absolute atomic E-state index is 0.208. The third-order valence-corrected chi connectivity index (χ3v) is 4.65. The Hall–Kier alpha value is -3.16. The fraction of sp³-hybridized carbons (Fsp3) is 0.273. The van der Waals surface area contributed by atoms with Crippen LogP contribution in [-0.4, -0.2) is 37.2 Å². The Morgan fingerprint density at radius 3 is 2.62 bits per heavy atom. The van der Waals surface area contributed by atoms with Crippen LogP contribution in [-0.2, 0) is 23.7 Å². The molecular weight excluding hydrogens is 374 g/mol.